The fourth-order valence-electron chi connectivity index (χ4n) is 3.15. The number of rotatable bonds is 12. The first-order valence-corrected chi connectivity index (χ1v) is 10.3. The van der Waals surface area contributed by atoms with Crippen molar-refractivity contribution >= 4 is 11.8 Å². The van der Waals surface area contributed by atoms with Gasteiger partial charge in [0.1, 0.15) is 12.3 Å². The fraction of sp³-hybridized carbons (Fsp3) is 0.478. The SMILES string of the molecule is CCCCN(Cc1cccn1C)C(=O)CN(CCOC)C(=O)c1cccc(OC)c1. The molecule has 1 aromatic carbocycles. The maximum Gasteiger partial charge on any atom is 0.254 e. The van der Waals surface area contributed by atoms with E-state index >= 15 is 0 Å². The summed E-state index contributed by atoms with van der Waals surface area (Å²) >= 11 is 0. The third kappa shape index (κ3) is 6.62. The summed E-state index contributed by atoms with van der Waals surface area (Å²) in [6.07, 6.45) is 3.88. The number of hydrogen-bond donors (Lipinski definition) is 0. The van der Waals surface area contributed by atoms with Gasteiger partial charge in [-0.15, -0.1) is 0 Å². The maximum absolute atomic E-state index is 13.2. The molecule has 0 saturated heterocycles. The van der Waals surface area contributed by atoms with Gasteiger partial charge < -0.3 is 23.8 Å². The molecule has 2 amide bonds. The van der Waals surface area contributed by atoms with Crippen LogP contribution in [0.1, 0.15) is 35.8 Å². The van der Waals surface area contributed by atoms with Crippen LogP contribution in [0.2, 0.25) is 0 Å². The van der Waals surface area contributed by atoms with Gasteiger partial charge in [-0.25, -0.2) is 0 Å². The van der Waals surface area contributed by atoms with Gasteiger partial charge >= 0.3 is 0 Å². The Morgan fingerprint density at radius 2 is 1.87 bits per heavy atom. The van der Waals surface area contributed by atoms with Crippen molar-refractivity contribution in [2.24, 2.45) is 7.05 Å². The minimum Gasteiger partial charge on any atom is -0.497 e. The van der Waals surface area contributed by atoms with Gasteiger partial charge in [-0.2, -0.15) is 0 Å². The van der Waals surface area contributed by atoms with E-state index in [0.29, 0.717) is 37.6 Å². The van der Waals surface area contributed by atoms with Gasteiger partial charge in [-0.1, -0.05) is 19.4 Å². The van der Waals surface area contributed by atoms with Crippen LogP contribution < -0.4 is 4.74 Å². The molecule has 0 N–H and O–H groups in total. The first-order chi connectivity index (χ1) is 14.5. The van der Waals surface area contributed by atoms with E-state index in [2.05, 4.69) is 6.92 Å². The summed E-state index contributed by atoms with van der Waals surface area (Å²) in [4.78, 5) is 29.7. The van der Waals surface area contributed by atoms with E-state index in [1.807, 2.05) is 34.8 Å². The highest BCUT2D eigenvalue weighted by molar-refractivity contribution is 5.96. The molecule has 0 radical (unpaired) electrons. The normalized spacial score (nSPS) is 10.7. The molecule has 2 aromatic rings. The molecule has 0 bridgehead atoms. The molecule has 7 heteroatoms. The third-order valence-corrected chi connectivity index (χ3v) is 5.03. The third-order valence-electron chi connectivity index (χ3n) is 5.03. The number of benzene rings is 1. The van der Waals surface area contributed by atoms with Gasteiger partial charge in [0.15, 0.2) is 0 Å². The van der Waals surface area contributed by atoms with Crippen LogP contribution in [0.5, 0.6) is 5.75 Å². The Kier molecular flexibility index (Phi) is 9.41. The van der Waals surface area contributed by atoms with Crippen molar-refractivity contribution in [2.45, 2.75) is 26.3 Å². The van der Waals surface area contributed by atoms with E-state index in [1.165, 1.54) is 0 Å². The monoisotopic (exact) mass is 415 g/mol. The van der Waals surface area contributed by atoms with Crippen LogP contribution >= 0.6 is 0 Å². The highest BCUT2D eigenvalue weighted by Gasteiger charge is 2.23. The second kappa shape index (κ2) is 12.0. The first-order valence-electron chi connectivity index (χ1n) is 10.3. The van der Waals surface area contributed by atoms with Crippen molar-refractivity contribution in [3.8, 4) is 5.75 Å². The fourth-order valence-corrected chi connectivity index (χ4v) is 3.15. The predicted molar refractivity (Wildman–Crippen MR) is 117 cm³/mol. The van der Waals surface area contributed by atoms with Crippen LogP contribution in [0.3, 0.4) is 0 Å². The number of methoxy groups -OCH3 is 2. The Bertz CT molecular complexity index is 818. The first kappa shape index (κ1) is 23.5. The summed E-state index contributed by atoms with van der Waals surface area (Å²) < 4.78 is 12.4. The Morgan fingerprint density at radius 3 is 2.50 bits per heavy atom. The summed E-state index contributed by atoms with van der Waals surface area (Å²) in [5, 5.41) is 0. The zero-order valence-corrected chi connectivity index (χ0v) is 18.5. The van der Waals surface area contributed by atoms with Crippen molar-refractivity contribution < 1.29 is 19.1 Å². The number of amides is 2. The number of carbonyl (C=O) groups is 2. The van der Waals surface area contributed by atoms with E-state index in [-0.39, 0.29) is 18.4 Å². The van der Waals surface area contributed by atoms with Crippen LogP contribution in [0.4, 0.5) is 0 Å². The second-order valence-electron chi connectivity index (χ2n) is 7.23. The number of aryl methyl sites for hydroxylation is 1. The van der Waals surface area contributed by atoms with E-state index in [1.54, 1.807) is 43.4 Å². The molecule has 0 spiro atoms. The summed E-state index contributed by atoms with van der Waals surface area (Å²) in [5.74, 6) is 0.317. The van der Waals surface area contributed by atoms with Crippen LogP contribution in [0.25, 0.3) is 0 Å². The smallest absolute Gasteiger partial charge is 0.254 e. The van der Waals surface area contributed by atoms with E-state index < -0.39 is 0 Å². The number of nitrogens with zero attached hydrogens (tertiary/aromatic N) is 3. The highest BCUT2D eigenvalue weighted by Crippen LogP contribution is 2.15. The number of carbonyl (C=O) groups excluding carboxylic acids is 2. The summed E-state index contributed by atoms with van der Waals surface area (Å²) in [6, 6.07) is 10.9. The molecule has 7 nitrogen and oxygen atoms in total. The standard InChI is InChI=1S/C23H33N3O4/c1-5-6-13-25(17-20-10-8-12-24(20)2)22(27)18-26(14-15-29-3)23(28)19-9-7-11-21(16-19)30-4/h7-12,16H,5-6,13-15,17-18H2,1-4H3. The number of aromatic nitrogens is 1. The Labute approximate surface area is 179 Å². The van der Waals surface area contributed by atoms with Crippen molar-refractivity contribution in [3.05, 3.63) is 53.9 Å². The number of unbranched alkanes of at least 4 members (excludes halogenated alkanes) is 1. The molecule has 0 aliphatic carbocycles. The minimum atomic E-state index is -0.214. The molecule has 0 atom stereocenters. The zero-order valence-electron chi connectivity index (χ0n) is 18.5. The lowest BCUT2D eigenvalue weighted by Crippen LogP contribution is -2.44. The molecule has 2 rings (SSSR count). The molecule has 1 aromatic heterocycles. The second-order valence-corrected chi connectivity index (χ2v) is 7.23. The van der Waals surface area contributed by atoms with Crippen molar-refractivity contribution in [2.75, 3.05) is 40.5 Å². The summed E-state index contributed by atoms with van der Waals surface area (Å²) in [7, 11) is 5.11. The number of ether oxygens (including phenoxy) is 2. The van der Waals surface area contributed by atoms with Crippen LogP contribution in [0.15, 0.2) is 42.6 Å². The average Bonchev–Trinajstić information content (AvgIpc) is 3.17. The van der Waals surface area contributed by atoms with Gasteiger partial charge in [0.25, 0.3) is 5.91 Å². The molecule has 0 fully saturated rings. The lowest BCUT2D eigenvalue weighted by Gasteiger charge is -2.28. The van der Waals surface area contributed by atoms with Gasteiger partial charge in [0.2, 0.25) is 5.91 Å². The lowest BCUT2D eigenvalue weighted by atomic mass is 10.2. The molecule has 30 heavy (non-hydrogen) atoms. The summed E-state index contributed by atoms with van der Waals surface area (Å²) in [6.45, 7) is 3.98. The van der Waals surface area contributed by atoms with Gasteiger partial charge in [-0.3, -0.25) is 9.59 Å². The Balaban J connectivity index is 2.17. The lowest BCUT2D eigenvalue weighted by molar-refractivity contribution is -0.132. The van der Waals surface area contributed by atoms with Crippen LogP contribution in [0, 0.1) is 0 Å². The van der Waals surface area contributed by atoms with Gasteiger partial charge in [0, 0.05) is 44.7 Å². The average molecular weight is 416 g/mol. The molecule has 164 valence electrons. The number of hydrogen-bond acceptors (Lipinski definition) is 4. The van der Waals surface area contributed by atoms with Gasteiger partial charge in [-0.05, 0) is 36.8 Å². The maximum atomic E-state index is 13.2. The van der Waals surface area contributed by atoms with Gasteiger partial charge in [0.05, 0.1) is 20.3 Å². The van der Waals surface area contributed by atoms with E-state index in [0.717, 1.165) is 18.5 Å². The predicted octanol–water partition coefficient (Wildman–Crippen LogP) is 2.95. The van der Waals surface area contributed by atoms with E-state index in [9.17, 15) is 9.59 Å². The Hall–Kier alpha value is -2.80. The van der Waals surface area contributed by atoms with Crippen molar-refractivity contribution in [3.63, 3.8) is 0 Å². The molecule has 0 unspecified atom stereocenters. The van der Waals surface area contributed by atoms with Crippen LogP contribution in [-0.2, 0) is 23.1 Å². The highest BCUT2D eigenvalue weighted by atomic mass is 16.5. The molecule has 1 heterocycles. The summed E-state index contributed by atoms with van der Waals surface area (Å²) in [5.41, 5.74) is 1.54. The largest absolute Gasteiger partial charge is 0.497 e. The van der Waals surface area contributed by atoms with Crippen LogP contribution in [-0.4, -0.2) is 66.6 Å². The molecular formula is C23H33N3O4. The molecular weight excluding hydrogens is 382 g/mol. The molecule has 0 saturated carbocycles. The topological polar surface area (TPSA) is 64.0 Å². The molecule has 0 aliphatic rings. The quantitative estimate of drug-likeness (QED) is 0.535. The van der Waals surface area contributed by atoms with Crippen molar-refractivity contribution in [1.82, 2.24) is 14.4 Å². The van der Waals surface area contributed by atoms with Crippen molar-refractivity contribution in [1.29, 1.82) is 0 Å². The minimum absolute atomic E-state index is 0.00748. The molecule has 0 aliphatic heterocycles. The van der Waals surface area contributed by atoms with E-state index in [4.69, 9.17) is 9.47 Å². The Morgan fingerprint density at radius 1 is 1.07 bits per heavy atom. The zero-order chi connectivity index (χ0) is 21.9.